The molecule has 178 valence electrons. The Bertz CT molecular complexity index is 812. The van der Waals surface area contributed by atoms with Crippen molar-refractivity contribution in [2.75, 3.05) is 41.0 Å². The maximum absolute atomic E-state index is 12.3. The minimum absolute atomic E-state index is 0. The van der Waals surface area contributed by atoms with Crippen LogP contribution in [0.1, 0.15) is 42.6 Å². The van der Waals surface area contributed by atoms with Gasteiger partial charge in [-0.2, -0.15) is 0 Å². The molecular weight excluding hydrogens is 430 g/mol. The Hall–Kier alpha value is -2.44. The first-order valence-electron chi connectivity index (χ1n) is 10.8. The number of methoxy groups -OCH3 is 3. The van der Waals surface area contributed by atoms with Crippen LogP contribution < -0.4 is 26.6 Å². The number of nitrogens with zero attached hydrogens (tertiary/aromatic N) is 1. The van der Waals surface area contributed by atoms with Crippen molar-refractivity contribution in [3.63, 3.8) is 0 Å². The van der Waals surface area contributed by atoms with Gasteiger partial charge in [0.2, 0.25) is 0 Å². The molecule has 0 spiro atoms. The molecule has 0 saturated heterocycles. The van der Waals surface area contributed by atoms with Crippen LogP contribution in [0.25, 0.3) is 0 Å². The second-order valence-electron chi connectivity index (χ2n) is 7.44. The number of hydrogen-bond donors (Lipinski definition) is 0. The normalized spacial score (nSPS) is 11.4. The Labute approximate surface area is 198 Å². The van der Waals surface area contributed by atoms with Crippen molar-refractivity contribution in [2.45, 2.75) is 39.2 Å². The van der Waals surface area contributed by atoms with Gasteiger partial charge in [-0.1, -0.05) is 19.1 Å². The third-order valence-corrected chi connectivity index (χ3v) is 5.41. The highest BCUT2D eigenvalue weighted by molar-refractivity contribution is 5.90. The summed E-state index contributed by atoms with van der Waals surface area (Å²) < 4.78 is 21.1. The van der Waals surface area contributed by atoms with Gasteiger partial charge in [-0.3, -0.25) is 0 Å². The number of esters is 1. The summed E-state index contributed by atoms with van der Waals surface area (Å²) in [6.07, 6.45) is 2.79. The molecule has 2 aromatic carbocycles. The smallest absolute Gasteiger partial charge is 0.338 e. The van der Waals surface area contributed by atoms with Gasteiger partial charge in [-0.05, 0) is 75.2 Å². The minimum Gasteiger partial charge on any atom is -1.00 e. The lowest BCUT2D eigenvalue weighted by Crippen LogP contribution is -3.00. The van der Waals surface area contributed by atoms with E-state index in [0.717, 1.165) is 38.1 Å². The predicted octanol–water partition coefficient (Wildman–Crippen LogP) is 1.61. The Morgan fingerprint density at radius 2 is 1.62 bits per heavy atom. The second kappa shape index (κ2) is 14.6. The molecule has 0 aliphatic rings. The number of ether oxygens (including phenoxy) is 4. The molecular formula is C25H35ClNO5-. The average Bonchev–Trinajstić information content (AvgIpc) is 2.81. The fraction of sp³-hybridized carbons (Fsp3) is 0.480. The average molecular weight is 465 g/mol. The van der Waals surface area contributed by atoms with Gasteiger partial charge in [-0.15, -0.1) is 0 Å². The first-order chi connectivity index (χ1) is 15.0. The van der Waals surface area contributed by atoms with E-state index in [4.69, 9.17) is 18.9 Å². The highest BCUT2D eigenvalue weighted by Crippen LogP contribution is 2.27. The number of rotatable bonds is 13. The van der Waals surface area contributed by atoms with Gasteiger partial charge < -0.3 is 36.3 Å². The number of halogens is 1. The summed E-state index contributed by atoms with van der Waals surface area (Å²) in [5.41, 5.74) is 1.76. The summed E-state index contributed by atoms with van der Waals surface area (Å²) in [5, 5.41) is 0. The fourth-order valence-corrected chi connectivity index (χ4v) is 3.55. The summed E-state index contributed by atoms with van der Waals surface area (Å²) in [7, 11) is 4.79. The summed E-state index contributed by atoms with van der Waals surface area (Å²) in [4.78, 5) is 14.7. The van der Waals surface area contributed by atoms with E-state index in [9.17, 15) is 4.79 Å². The number of unbranched alkanes of at least 4 members (excludes halogenated alkanes) is 1. The molecule has 0 bridgehead atoms. The largest absolute Gasteiger partial charge is 1.00 e. The molecule has 32 heavy (non-hydrogen) atoms. The van der Waals surface area contributed by atoms with E-state index in [1.165, 1.54) is 5.56 Å². The first kappa shape index (κ1) is 27.6. The van der Waals surface area contributed by atoms with E-state index in [1.54, 1.807) is 39.5 Å². The number of benzene rings is 2. The van der Waals surface area contributed by atoms with Gasteiger partial charge in [-0.25, -0.2) is 4.79 Å². The summed E-state index contributed by atoms with van der Waals surface area (Å²) in [6, 6.07) is 13.7. The van der Waals surface area contributed by atoms with Crippen molar-refractivity contribution in [3.8, 4) is 17.2 Å². The van der Waals surface area contributed by atoms with E-state index in [0.29, 0.717) is 29.7 Å². The van der Waals surface area contributed by atoms with Gasteiger partial charge in [0.1, 0.15) is 5.75 Å². The summed E-state index contributed by atoms with van der Waals surface area (Å²) in [5.74, 6) is 1.64. The quantitative estimate of drug-likeness (QED) is 0.331. The zero-order chi connectivity index (χ0) is 22.6. The van der Waals surface area contributed by atoms with E-state index in [1.807, 2.05) is 12.1 Å². The molecule has 6 nitrogen and oxygen atoms in total. The van der Waals surface area contributed by atoms with Crippen LogP contribution >= 0.6 is 0 Å². The van der Waals surface area contributed by atoms with Crippen molar-refractivity contribution in [1.29, 1.82) is 0 Å². The van der Waals surface area contributed by atoms with Crippen molar-refractivity contribution < 1.29 is 36.1 Å². The zero-order valence-electron chi connectivity index (χ0n) is 19.7. The zero-order valence-corrected chi connectivity index (χ0v) is 20.5. The van der Waals surface area contributed by atoms with Crippen molar-refractivity contribution in [1.82, 2.24) is 4.90 Å². The predicted molar refractivity (Wildman–Crippen MR) is 122 cm³/mol. The Balaban J connectivity index is 0.00000512. The molecule has 0 saturated carbocycles. The van der Waals surface area contributed by atoms with Crippen LogP contribution in [0.15, 0.2) is 42.5 Å². The van der Waals surface area contributed by atoms with Crippen molar-refractivity contribution in [2.24, 2.45) is 0 Å². The molecule has 0 radical (unpaired) electrons. The molecule has 0 aliphatic heterocycles. The molecule has 1 atom stereocenters. The van der Waals surface area contributed by atoms with Crippen LogP contribution in [0.2, 0.25) is 0 Å². The first-order valence-corrected chi connectivity index (χ1v) is 10.8. The van der Waals surface area contributed by atoms with Crippen LogP contribution in [0, 0.1) is 0 Å². The molecule has 7 heteroatoms. The monoisotopic (exact) mass is 464 g/mol. The number of carbonyl (C=O) groups is 1. The van der Waals surface area contributed by atoms with Gasteiger partial charge in [0.05, 0.1) is 33.5 Å². The Morgan fingerprint density at radius 1 is 0.938 bits per heavy atom. The summed E-state index contributed by atoms with van der Waals surface area (Å²) >= 11 is 0. The molecule has 0 heterocycles. The van der Waals surface area contributed by atoms with E-state index in [2.05, 4.69) is 30.9 Å². The lowest BCUT2D eigenvalue weighted by Gasteiger charge is -2.28. The third-order valence-electron chi connectivity index (χ3n) is 5.41. The number of likely N-dealkylation sites (N-methyl/N-ethyl adjacent to an activating group) is 1. The van der Waals surface area contributed by atoms with Gasteiger partial charge in [0.15, 0.2) is 11.5 Å². The topological polar surface area (TPSA) is 57.2 Å². The van der Waals surface area contributed by atoms with Gasteiger partial charge in [0.25, 0.3) is 0 Å². The molecule has 1 unspecified atom stereocenters. The van der Waals surface area contributed by atoms with E-state index >= 15 is 0 Å². The second-order valence-corrected chi connectivity index (χ2v) is 7.44. The SMILES string of the molecule is CCN(CCCCOC(=O)c1ccc(OC)c(OC)c1)C(C)Cc1ccc(OC)cc1.[Cl-]. The van der Waals surface area contributed by atoms with Crippen LogP contribution in [0.4, 0.5) is 0 Å². The third kappa shape index (κ3) is 8.24. The van der Waals surface area contributed by atoms with E-state index < -0.39 is 0 Å². The van der Waals surface area contributed by atoms with Crippen LogP contribution in [0.5, 0.6) is 17.2 Å². The highest BCUT2D eigenvalue weighted by Gasteiger charge is 2.14. The Morgan fingerprint density at radius 3 is 2.22 bits per heavy atom. The maximum Gasteiger partial charge on any atom is 0.338 e. The van der Waals surface area contributed by atoms with Gasteiger partial charge in [0, 0.05) is 6.04 Å². The molecule has 0 amide bonds. The Kier molecular flexibility index (Phi) is 12.6. The van der Waals surface area contributed by atoms with Crippen LogP contribution in [-0.2, 0) is 11.2 Å². The standard InChI is InChI=1S/C25H35NO5.ClH/c1-6-26(19(2)17-20-9-12-22(28-3)13-10-20)15-7-8-16-31-25(27)21-11-14-23(29-4)24(18-21)30-5;/h9-14,18-19H,6-8,15-17H2,1-5H3;1H/p-1. The lowest BCUT2D eigenvalue weighted by molar-refractivity contribution is -0.0000255. The van der Waals surface area contributed by atoms with E-state index in [-0.39, 0.29) is 18.4 Å². The van der Waals surface area contributed by atoms with Gasteiger partial charge >= 0.3 is 5.97 Å². The molecule has 2 aromatic rings. The molecule has 0 aromatic heterocycles. The molecule has 2 rings (SSSR count). The maximum atomic E-state index is 12.3. The lowest BCUT2D eigenvalue weighted by atomic mass is 10.1. The molecule has 0 fully saturated rings. The van der Waals surface area contributed by atoms with Crippen LogP contribution in [-0.4, -0.2) is 57.9 Å². The highest BCUT2D eigenvalue weighted by atomic mass is 35.5. The number of hydrogen-bond acceptors (Lipinski definition) is 6. The fourth-order valence-electron chi connectivity index (χ4n) is 3.55. The van der Waals surface area contributed by atoms with Crippen LogP contribution in [0.3, 0.4) is 0 Å². The molecule has 0 N–H and O–H groups in total. The van der Waals surface area contributed by atoms with Crippen molar-refractivity contribution in [3.05, 3.63) is 53.6 Å². The molecule has 0 aliphatic carbocycles. The minimum atomic E-state index is -0.346. The summed E-state index contributed by atoms with van der Waals surface area (Å²) in [6.45, 7) is 6.80. The number of carbonyl (C=O) groups excluding carboxylic acids is 1. The van der Waals surface area contributed by atoms with Crippen molar-refractivity contribution >= 4 is 5.97 Å².